The van der Waals surface area contributed by atoms with E-state index >= 15 is 0 Å². The van der Waals surface area contributed by atoms with Crippen LogP contribution in [-0.4, -0.2) is 11.9 Å². The first-order chi connectivity index (χ1) is 7.41. The fourth-order valence-electron chi connectivity index (χ4n) is 1.42. The molecule has 0 atom stereocenters. The summed E-state index contributed by atoms with van der Waals surface area (Å²) in [5, 5.41) is 0. The predicted octanol–water partition coefficient (Wildman–Crippen LogP) is 3.54. The van der Waals surface area contributed by atoms with Crippen molar-refractivity contribution in [2.75, 3.05) is 0 Å². The van der Waals surface area contributed by atoms with E-state index in [1.54, 1.807) is 13.0 Å². The number of benzene rings is 1. The monoisotopic (exact) mass is 218 g/mol. The van der Waals surface area contributed by atoms with Gasteiger partial charge in [0.2, 0.25) is 0 Å². The van der Waals surface area contributed by atoms with Crippen molar-refractivity contribution in [2.45, 2.75) is 33.8 Å². The fraction of sp³-hybridized carbons (Fsp3) is 0.357. The molecule has 2 heteroatoms. The summed E-state index contributed by atoms with van der Waals surface area (Å²) in [6, 6.07) is 5.46. The molecule has 0 aliphatic carbocycles. The first-order valence-electron chi connectivity index (χ1n) is 5.39. The SMILES string of the molecule is C=C(C)C(=O)c1ccc(OC(C)C)c(C)c1. The Morgan fingerprint density at radius 1 is 1.38 bits per heavy atom. The Kier molecular flexibility index (Phi) is 3.88. The number of rotatable bonds is 4. The highest BCUT2D eigenvalue weighted by Gasteiger charge is 2.09. The zero-order valence-electron chi connectivity index (χ0n) is 10.3. The van der Waals surface area contributed by atoms with Gasteiger partial charge in [-0.05, 0) is 57.0 Å². The summed E-state index contributed by atoms with van der Waals surface area (Å²) in [5.41, 5.74) is 2.19. The van der Waals surface area contributed by atoms with Crippen molar-refractivity contribution in [1.82, 2.24) is 0 Å². The van der Waals surface area contributed by atoms with Gasteiger partial charge < -0.3 is 4.74 Å². The van der Waals surface area contributed by atoms with Crippen molar-refractivity contribution in [3.63, 3.8) is 0 Å². The van der Waals surface area contributed by atoms with E-state index in [0.717, 1.165) is 11.3 Å². The topological polar surface area (TPSA) is 26.3 Å². The first kappa shape index (κ1) is 12.5. The predicted molar refractivity (Wildman–Crippen MR) is 66.1 cm³/mol. The quantitative estimate of drug-likeness (QED) is 0.570. The van der Waals surface area contributed by atoms with E-state index in [9.17, 15) is 4.79 Å². The van der Waals surface area contributed by atoms with Crippen molar-refractivity contribution in [1.29, 1.82) is 0 Å². The Morgan fingerprint density at radius 3 is 2.44 bits per heavy atom. The van der Waals surface area contributed by atoms with Crippen LogP contribution in [0.4, 0.5) is 0 Å². The molecule has 0 saturated heterocycles. The van der Waals surface area contributed by atoms with Gasteiger partial charge in [-0.25, -0.2) is 0 Å². The maximum atomic E-state index is 11.7. The highest BCUT2D eigenvalue weighted by Crippen LogP contribution is 2.21. The average molecular weight is 218 g/mol. The van der Waals surface area contributed by atoms with E-state index in [2.05, 4.69) is 6.58 Å². The Morgan fingerprint density at radius 2 is 2.00 bits per heavy atom. The molecule has 0 heterocycles. The first-order valence-corrected chi connectivity index (χ1v) is 5.39. The highest BCUT2D eigenvalue weighted by molar-refractivity contribution is 6.08. The van der Waals surface area contributed by atoms with Crippen LogP contribution in [0.5, 0.6) is 5.75 Å². The fourth-order valence-corrected chi connectivity index (χ4v) is 1.42. The maximum Gasteiger partial charge on any atom is 0.188 e. The number of allylic oxidation sites excluding steroid dienone is 1. The number of hydrogen-bond donors (Lipinski definition) is 0. The second kappa shape index (κ2) is 4.97. The summed E-state index contributed by atoms with van der Waals surface area (Å²) >= 11 is 0. The van der Waals surface area contributed by atoms with Gasteiger partial charge in [0.1, 0.15) is 5.75 Å². The standard InChI is InChI=1S/C14H18O2/c1-9(2)14(15)12-6-7-13(11(5)8-12)16-10(3)4/h6-8,10H,1H2,2-5H3. The smallest absolute Gasteiger partial charge is 0.188 e. The van der Waals surface area contributed by atoms with Gasteiger partial charge in [0.25, 0.3) is 0 Å². The average Bonchev–Trinajstić information content (AvgIpc) is 2.19. The van der Waals surface area contributed by atoms with Crippen LogP contribution in [0.15, 0.2) is 30.4 Å². The third kappa shape index (κ3) is 2.96. The van der Waals surface area contributed by atoms with Crippen LogP contribution < -0.4 is 4.74 Å². The molecule has 2 nitrogen and oxygen atoms in total. The Balaban J connectivity index is 2.99. The molecule has 86 valence electrons. The van der Waals surface area contributed by atoms with Gasteiger partial charge >= 0.3 is 0 Å². The van der Waals surface area contributed by atoms with E-state index in [-0.39, 0.29) is 11.9 Å². The highest BCUT2D eigenvalue weighted by atomic mass is 16.5. The molecule has 0 bridgehead atoms. The molecule has 0 aromatic heterocycles. The van der Waals surface area contributed by atoms with Gasteiger partial charge in [0, 0.05) is 5.56 Å². The summed E-state index contributed by atoms with van der Waals surface area (Å²) < 4.78 is 5.61. The van der Waals surface area contributed by atoms with Crippen LogP contribution in [0.1, 0.15) is 36.7 Å². The van der Waals surface area contributed by atoms with Crippen LogP contribution >= 0.6 is 0 Å². The van der Waals surface area contributed by atoms with E-state index in [0.29, 0.717) is 11.1 Å². The van der Waals surface area contributed by atoms with Crippen LogP contribution in [0.25, 0.3) is 0 Å². The molecular weight excluding hydrogens is 200 g/mol. The number of carbonyl (C=O) groups excluding carboxylic acids is 1. The zero-order valence-corrected chi connectivity index (χ0v) is 10.3. The Labute approximate surface area is 96.9 Å². The van der Waals surface area contributed by atoms with Crippen LogP contribution in [0, 0.1) is 6.92 Å². The lowest BCUT2D eigenvalue weighted by Gasteiger charge is -2.13. The van der Waals surface area contributed by atoms with Crippen molar-refractivity contribution in [3.05, 3.63) is 41.5 Å². The van der Waals surface area contributed by atoms with E-state index in [4.69, 9.17) is 4.74 Å². The number of ether oxygens (including phenoxy) is 1. The van der Waals surface area contributed by atoms with Gasteiger partial charge in [-0.15, -0.1) is 0 Å². The van der Waals surface area contributed by atoms with Gasteiger partial charge in [0.15, 0.2) is 5.78 Å². The molecule has 0 spiro atoms. The maximum absolute atomic E-state index is 11.7. The molecule has 0 aliphatic rings. The van der Waals surface area contributed by atoms with Crippen molar-refractivity contribution >= 4 is 5.78 Å². The van der Waals surface area contributed by atoms with E-state index in [1.807, 2.05) is 32.9 Å². The Bertz CT molecular complexity index is 417. The van der Waals surface area contributed by atoms with Gasteiger partial charge in [-0.1, -0.05) is 6.58 Å². The number of aryl methyl sites for hydroxylation is 1. The second-order valence-corrected chi connectivity index (χ2v) is 4.26. The molecule has 0 saturated carbocycles. The van der Waals surface area contributed by atoms with Gasteiger partial charge in [0.05, 0.1) is 6.10 Å². The minimum absolute atomic E-state index is 0.0146. The lowest BCUT2D eigenvalue weighted by atomic mass is 10.0. The largest absolute Gasteiger partial charge is 0.491 e. The number of ketones is 1. The molecule has 0 fully saturated rings. The molecule has 0 aliphatic heterocycles. The molecule has 16 heavy (non-hydrogen) atoms. The van der Waals surface area contributed by atoms with E-state index < -0.39 is 0 Å². The summed E-state index contributed by atoms with van der Waals surface area (Å²) in [6.07, 6.45) is 0.140. The van der Waals surface area contributed by atoms with Crippen molar-refractivity contribution < 1.29 is 9.53 Å². The molecule has 0 unspecified atom stereocenters. The Hall–Kier alpha value is -1.57. The van der Waals surface area contributed by atoms with E-state index in [1.165, 1.54) is 0 Å². The van der Waals surface area contributed by atoms with Crippen LogP contribution in [-0.2, 0) is 0 Å². The summed E-state index contributed by atoms with van der Waals surface area (Å²) in [5.74, 6) is 0.812. The molecule has 1 aromatic rings. The third-order valence-electron chi connectivity index (χ3n) is 2.19. The summed E-state index contributed by atoms with van der Waals surface area (Å²) in [6.45, 7) is 11.3. The molecule has 0 radical (unpaired) electrons. The molecule has 0 amide bonds. The molecule has 0 N–H and O–H groups in total. The number of Topliss-reactive ketones (excluding diaryl/α,β-unsaturated/α-hetero) is 1. The number of hydrogen-bond acceptors (Lipinski definition) is 2. The molecule has 1 rings (SSSR count). The van der Waals surface area contributed by atoms with Crippen molar-refractivity contribution in [3.8, 4) is 5.75 Å². The summed E-state index contributed by atoms with van der Waals surface area (Å²) in [4.78, 5) is 11.7. The minimum atomic E-state index is -0.0146. The number of carbonyl (C=O) groups is 1. The van der Waals surface area contributed by atoms with Crippen molar-refractivity contribution in [2.24, 2.45) is 0 Å². The normalized spacial score (nSPS) is 10.3. The second-order valence-electron chi connectivity index (χ2n) is 4.26. The minimum Gasteiger partial charge on any atom is -0.491 e. The lowest BCUT2D eigenvalue weighted by molar-refractivity contribution is 0.103. The van der Waals surface area contributed by atoms with Gasteiger partial charge in [-0.2, -0.15) is 0 Å². The summed E-state index contributed by atoms with van der Waals surface area (Å²) in [7, 11) is 0. The zero-order chi connectivity index (χ0) is 12.3. The van der Waals surface area contributed by atoms with Crippen LogP contribution in [0.2, 0.25) is 0 Å². The third-order valence-corrected chi connectivity index (χ3v) is 2.19. The molecular formula is C14H18O2. The lowest BCUT2D eigenvalue weighted by Crippen LogP contribution is -2.07. The van der Waals surface area contributed by atoms with Crippen LogP contribution in [0.3, 0.4) is 0 Å². The molecule has 1 aromatic carbocycles. The van der Waals surface area contributed by atoms with Gasteiger partial charge in [-0.3, -0.25) is 4.79 Å².